The maximum absolute atomic E-state index is 11.6. The Bertz CT molecular complexity index is 1080. The van der Waals surface area contributed by atoms with E-state index < -0.39 is 0 Å². The lowest BCUT2D eigenvalue weighted by Gasteiger charge is -2.38. The van der Waals surface area contributed by atoms with E-state index in [4.69, 9.17) is 9.47 Å². The third-order valence-corrected chi connectivity index (χ3v) is 9.61. The molecule has 226 valence electrons. The monoisotopic (exact) mass is 570 g/mol. The number of rotatable bonds is 13. The number of benzene rings is 2. The first-order chi connectivity index (χ1) is 20.3. The molecule has 0 saturated heterocycles. The van der Waals surface area contributed by atoms with E-state index in [1.165, 1.54) is 75.3 Å². The smallest absolute Gasteiger partial charge is 0.333 e. The topological polar surface area (TPSA) is 52.6 Å². The highest BCUT2D eigenvalue weighted by Crippen LogP contribution is 2.43. The zero-order chi connectivity index (χ0) is 29.9. The fourth-order valence-electron chi connectivity index (χ4n) is 6.79. The van der Waals surface area contributed by atoms with E-state index in [9.17, 15) is 9.59 Å². The van der Waals surface area contributed by atoms with Gasteiger partial charge in [0.1, 0.15) is 13.2 Å². The minimum absolute atomic E-state index is 0.309. The Morgan fingerprint density at radius 3 is 1.19 bits per heavy atom. The van der Waals surface area contributed by atoms with Gasteiger partial charge in [0.15, 0.2) is 0 Å². The molecule has 0 unspecified atom stereocenters. The Kier molecular flexibility index (Phi) is 12.0. The quantitative estimate of drug-likeness (QED) is 0.178. The minimum atomic E-state index is -0.330. The molecule has 0 N–H and O–H groups in total. The number of esters is 2. The molecule has 0 atom stereocenters. The van der Waals surface area contributed by atoms with Crippen molar-refractivity contribution in [2.75, 3.05) is 0 Å². The van der Waals surface area contributed by atoms with Crippen molar-refractivity contribution in [1.29, 1.82) is 0 Å². The minimum Gasteiger partial charge on any atom is -0.457 e. The fourth-order valence-corrected chi connectivity index (χ4v) is 6.79. The third-order valence-electron chi connectivity index (χ3n) is 9.61. The Morgan fingerprint density at radius 2 is 0.881 bits per heavy atom. The second kappa shape index (κ2) is 15.9. The predicted molar refractivity (Wildman–Crippen MR) is 170 cm³/mol. The molecule has 4 nitrogen and oxygen atoms in total. The summed E-state index contributed by atoms with van der Waals surface area (Å²) in [5.41, 5.74) is 5.68. The summed E-state index contributed by atoms with van der Waals surface area (Å²) in [6.45, 7) is 11.2. The molecule has 0 bridgehead atoms. The van der Waals surface area contributed by atoms with Crippen molar-refractivity contribution >= 4 is 11.9 Å². The second-order valence-electron chi connectivity index (χ2n) is 13.0. The molecule has 4 rings (SSSR count). The molecule has 2 aromatic rings. The molecule has 2 aliphatic carbocycles. The van der Waals surface area contributed by atoms with Gasteiger partial charge in [-0.05, 0) is 111 Å². The number of carbonyl (C=O) groups excluding carboxylic acids is 2. The van der Waals surface area contributed by atoms with Crippen LogP contribution >= 0.6 is 0 Å². The predicted octanol–water partition coefficient (Wildman–Crippen LogP) is 9.10. The van der Waals surface area contributed by atoms with Crippen LogP contribution in [0.15, 0.2) is 72.8 Å². The van der Waals surface area contributed by atoms with E-state index in [2.05, 4.69) is 61.7 Å². The van der Waals surface area contributed by atoms with Crippen molar-refractivity contribution in [2.45, 2.75) is 104 Å². The molecule has 0 aromatic heterocycles. The Hall–Kier alpha value is -3.14. The molecule has 0 radical (unpaired) electrons. The van der Waals surface area contributed by atoms with Gasteiger partial charge in [-0.1, -0.05) is 87.4 Å². The SMILES string of the molecule is C=C(C)C(=O)OCc1ccc(CCC2CCC(C3CCC(CCc4ccc(COC(=O)C(=C)C)cc4)CC3)CC2)cc1. The Labute approximate surface area is 253 Å². The Morgan fingerprint density at radius 1 is 0.571 bits per heavy atom. The van der Waals surface area contributed by atoms with Crippen LogP contribution in [0, 0.1) is 23.7 Å². The molecule has 2 fully saturated rings. The summed E-state index contributed by atoms with van der Waals surface area (Å²) in [4.78, 5) is 23.2. The van der Waals surface area contributed by atoms with Crippen LogP contribution < -0.4 is 0 Å². The van der Waals surface area contributed by atoms with Crippen LogP contribution in [0.5, 0.6) is 0 Å². The van der Waals surface area contributed by atoms with E-state index in [0.29, 0.717) is 24.4 Å². The van der Waals surface area contributed by atoms with E-state index in [0.717, 1.165) is 47.6 Å². The van der Waals surface area contributed by atoms with Gasteiger partial charge < -0.3 is 9.47 Å². The van der Waals surface area contributed by atoms with Gasteiger partial charge in [-0.3, -0.25) is 0 Å². The third kappa shape index (κ3) is 10.00. The maximum atomic E-state index is 11.6. The van der Waals surface area contributed by atoms with Crippen LogP contribution in [0.1, 0.15) is 100 Å². The maximum Gasteiger partial charge on any atom is 0.333 e. The second-order valence-corrected chi connectivity index (χ2v) is 13.0. The van der Waals surface area contributed by atoms with Gasteiger partial charge in [0, 0.05) is 11.1 Å². The summed E-state index contributed by atoms with van der Waals surface area (Å²) < 4.78 is 10.5. The molecule has 0 spiro atoms. The molecule has 4 heteroatoms. The van der Waals surface area contributed by atoms with Gasteiger partial charge in [0.05, 0.1) is 0 Å². The number of ether oxygens (including phenoxy) is 2. The summed E-state index contributed by atoms with van der Waals surface area (Å²) in [6.07, 6.45) is 16.1. The van der Waals surface area contributed by atoms with Crippen LogP contribution in [-0.4, -0.2) is 11.9 Å². The van der Waals surface area contributed by atoms with Gasteiger partial charge in [0.25, 0.3) is 0 Å². The van der Waals surface area contributed by atoms with Gasteiger partial charge in [-0.25, -0.2) is 9.59 Å². The fraction of sp³-hybridized carbons (Fsp3) is 0.526. The van der Waals surface area contributed by atoms with E-state index in [1.807, 2.05) is 0 Å². The van der Waals surface area contributed by atoms with Gasteiger partial charge in [-0.2, -0.15) is 0 Å². The summed E-state index contributed by atoms with van der Waals surface area (Å²) in [6, 6.07) is 17.1. The highest BCUT2D eigenvalue weighted by molar-refractivity contribution is 5.87. The first-order valence-corrected chi connectivity index (χ1v) is 16.1. The van der Waals surface area contributed by atoms with Crippen molar-refractivity contribution in [3.63, 3.8) is 0 Å². The van der Waals surface area contributed by atoms with Gasteiger partial charge in [0.2, 0.25) is 0 Å². The van der Waals surface area contributed by atoms with Crippen LogP contribution in [0.25, 0.3) is 0 Å². The van der Waals surface area contributed by atoms with Crippen molar-refractivity contribution in [2.24, 2.45) is 23.7 Å². The largest absolute Gasteiger partial charge is 0.457 e. The summed E-state index contributed by atoms with van der Waals surface area (Å²) in [7, 11) is 0. The number of hydrogen-bond donors (Lipinski definition) is 0. The molecule has 0 amide bonds. The van der Waals surface area contributed by atoms with E-state index >= 15 is 0 Å². The van der Waals surface area contributed by atoms with Crippen LogP contribution in [0.3, 0.4) is 0 Å². The molecule has 0 aliphatic heterocycles. The lowest BCUT2D eigenvalue weighted by molar-refractivity contribution is -0.141. The Balaban J connectivity index is 1.08. The molecule has 0 heterocycles. The first-order valence-electron chi connectivity index (χ1n) is 16.1. The summed E-state index contributed by atoms with van der Waals surface area (Å²) >= 11 is 0. The summed E-state index contributed by atoms with van der Waals surface area (Å²) in [5, 5.41) is 0. The van der Waals surface area contributed by atoms with Crippen molar-refractivity contribution < 1.29 is 19.1 Å². The zero-order valence-corrected chi connectivity index (χ0v) is 25.9. The van der Waals surface area contributed by atoms with E-state index in [1.54, 1.807) is 13.8 Å². The lowest BCUT2D eigenvalue weighted by Crippen LogP contribution is -2.26. The average molecular weight is 571 g/mol. The molecular formula is C38H50O4. The standard InChI is InChI=1S/C38H50O4/c1-27(2)37(39)41-25-33-13-9-29(10-14-33)5-7-31-17-21-35(22-18-31)36-23-19-32(20-24-36)8-6-30-11-15-34(16-12-30)26-42-38(40)28(3)4/h9-16,31-32,35-36H,1,3,5-8,17-26H2,2,4H3. The van der Waals surface area contributed by atoms with Crippen molar-refractivity contribution in [3.8, 4) is 0 Å². The summed E-state index contributed by atoms with van der Waals surface area (Å²) in [5.74, 6) is 2.94. The van der Waals surface area contributed by atoms with Crippen molar-refractivity contribution in [3.05, 3.63) is 95.1 Å². The molecule has 2 saturated carbocycles. The highest BCUT2D eigenvalue weighted by atomic mass is 16.5. The number of hydrogen-bond acceptors (Lipinski definition) is 4. The van der Waals surface area contributed by atoms with Crippen LogP contribution in [-0.2, 0) is 45.1 Å². The van der Waals surface area contributed by atoms with Crippen molar-refractivity contribution in [1.82, 2.24) is 0 Å². The number of carbonyl (C=O) groups is 2. The van der Waals surface area contributed by atoms with Gasteiger partial charge >= 0.3 is 11.9 Å². The van der Waals surface area contributed by atoms with Crippen LogP contribution in [0.2, 0.25) is 0 Å². The van der Waals surface area contributed by atoms with Crippen LogP contribution in [0.4, 0.5) is 0 Å². The highest BCUT2D eigenvalue weighted by Gasteiger charge is 2.30. The zero-order valence-electron chi connectivity index (χ0n) is 25.9. The molecular weight excluding hydrogens is 520 g/mol. The molecule has 42 heavy (non-hydrogen) atoms. The average Bonchev–Trinajstić information content (AvgIpc) is 3.01. The normalized spacial score (nSPS) is 22.2. The molecule has 2 aromatic carbocycles. The molecule has 2 aliphatic rings. The number of aryl methyl sites for hydroxylation is 2. The first kappa shape index (κ1) is 31.8. The lowest BCUT2D eigenvalue weighted by atomic mass is 9.68. The van der Waals surface area contributed by atoms with Gasteiger partial charge in [-0.15, -0.1) is 0 Å². The van der Waals surface area contributed by atoms with E-state index in [-0.39, 0.29) is 11.9 Å².